The Kier molecular flexibility index (Phi) is 8.82. The van der Waals surface area contributed by atoms with Crippen LogP contribution in [0.5, 0.6) is 5.75 Å². The molecule has 28 heavy (non-hydrogen) atoms. The van der Waals surface area contributed by atoms with Crippen LogP contribution in [0, 0.1) is 6.92 Å². The van der Waals surface area contributed by atoms with Gasteiger partial charge in [0.2, 0.25) is 0 Å². The number of nitrogens with one attached hydrogen (secondary N) is 1. The summed E-state index contributed by atoms with van der Waals surface area (Å²) in [6, 6.07) is 13.4. The summed E-state index contributed by atoms with van der Waals surface area (Å²) in [7, 11) is 0. The fourth-order valence-corrected chi connectivity index (χ4v) is 2.87. The first-order valence-electron chi connectivity index (χ1n) is 9.59. The molecule has 0 atom stereocenters. The van der Waals surface area contributed by atoms with Crippen molar-refractivity contribution in [2.75, 3.05) is 24.6 Å². The largest absolute Gasteiger partial charge is 0.484 e. The lowest BCUT2D eigenvalue weighted by molar-refractivity contribution is -0.123. The summed E-state index contributed by atoms with van der Waals surface area (Å²) in [5, 5.41) is 4.66. The van der Waals surface area contributed by atoms with Gasteiger partial charge in [-0.15, -0.1) is 0 Å². The summed E-state index contributed by atoms with van der Waals surface area (Å²) in [4.78, 5) is 14.2. The second-order valence-corrected chi connectivity index (χ2v) is 6.98. The quantitative estimate of drug-likeness (QED) is 0.459. The average Bonchev–Trinajstić information content (AvgIpc) is 2.69. The monoisotopic (exact) mass is 401 g/mol. The highest BCUT2D eigenvalue weighted by molar-refractivity contribution is 6.31. The molecule has 1 amide bonds. The number of aryl methyl sites for hydroxylation is 1. The molecule has 0 fully saturated rings. The van der Waals surface area contributed by atoms with Crippen LogP contribution >= 0.6 is 11.6 Å². The number of halogens is 1. The third-order valence-corrected chi connectivity index (χ3v) is 4.57. The van der Waals surface area contributed by atoms with Gasteiger partial charge in [0.25, 0.3) is 5.91 Å². The van der Waals surface area contributed by atoms with Crippen molar-refractivity contribution < 1.29 is 9.53 Å². The summed E-state index contributed by atoms with van der Waals surface area (Å²) in [5.41, 5.74) is 5.50. The molecule has 1 N–H and O–H groups in total. The number of hydrogen-bond acceptors (Lipinski definition) is 4. The second kappa shape index (κ2) is 11.3. The van der Waals surface area contributed by atoms with Gasteiger partial charge in [0, 0.05) is 23.8 Å². The standard InChI is InChI=1S/C22H28ClN3O2/c1-4-12-26(13-5-2)19-8-6-18(7-9-19)15-24-25-22(27)16-28-20-10-11-21(23)17(3)14-20/h6-11,14-15H,4-5,12-13,16H2,1-3H3,(H,25,27). The number of nitrogens with zero attached hydrogens (tertiary/aromatic N) is 2. The SMILES string of the molecule is CCCN(CCC)c1ccc(C=NNC(=O)COc2ccc(Cl)c(C)c2)cc1. The Hall–Kier alpha value is -2.53. The second-order valence-electron chi connectivity index (χ2n) is 6.57. The number of amides is 1. The number of carbonyl (C=O) groups is 1. The van der Waals surface area contributed by atoms with E-state index in [1.54, 1.807) is 24.4 Å². The number of benzene rings is 2. The number of hydrogen-bond donors (Lipinski definition) is 1. The molecule has 2 aromatic carbocycles. The van der Waals surface area contributed by atoms with E-state index in [1.165, 1.54) is 5.69 Å². The molecule has 0 heterocycles. The normalized spacial score (nSPS) is 10.9. The van der Waals surface area contributed by atoms with Crippen molar-refractivity contribution in [2.45, 2.75) is 33.6 Å². The maximum absolute atomic E-state index is 11.9. The Morgan fingerprint density at radius 3 is 2.43 bits per heavy atom. The fourth-order valence-electron chi connectivity index (χ4n) is 2.75. The van der Waals surface area contributed by atoms with Crippen LogP contribution in [-0.4, -0.2) is 31.8 Å². The summed E-state index contributed by atoms with van der Waals surface area (Å²) >= 11 is 5.97. The summed E-state index contributed by atoms with van der Waals surface area (Å²) in [5.74, 6) is 0.276. The van der Waals surface area contributed by atoms with Gasteiger partial charge in [0.05, 0.1) is 6.21 Å². The van der Waals surface area contributed by atoms with E-state index in [1.807, 2.05) is 19.1 Å². The lowest BCUT2D eigenvalue weighted by atomic mass is 10.2. The first kappa shape index (κ1) is 21.8. The molecule has 0 unspecified atom stereocenters. The lowest BCUT2D eigenvalue weighted by Gasteiger charge is -2.23. The highest BCUT2D eigenvalue weighted by atomic mass is 35.5. The smallest absolute Gasteiger partial charge is 0.277 e. The van der Waals surface area contributed by atoms with Gasteiger partial charge >= 0.3 is 0 Å². The molecule has 0 aromatic heterocycles. The maximum Gasteiger partial charge on any atom is 0.277 e. The van der Waals surface area contributed by atoms with Gasteiger partial charge in [-0.05, 0) is 61.2 Å². The van der Waals surface area contributed by atoms with Crippen LogP contribution < -0.4 is 15.1 Å². The number of hydrazone groups is 1. The summed E-state index contributed by atoms with van der Waals surface area (Å²) in [6.45, 7) is 8.23. The zero-order valence-corrected chi connectivity index (χ0v) is 17.5. The minimum absolute atomic E-state index is 0.111. The van der Waals surface area contributed by atoms with E-state index in [2.05, 4.69) is 41.4 Å². The Bertz CT molecular complexity index is 785. The molecule has 0 bridgehead atoms. The molecule has 6 heteroatoms. The predicted octanol–water partition coefficient (Wildman–Crippen LogP) is 4.80. The van der Waals surface area contributed by atoms with Crippen LogP contribution in [0.4, 0.5) is 5.69 Å². The van der Waals surface area contributed by atoms with Gasteiger partial charge in [-0.2, -0.15) is 5.10 Å². The number of ether oxygens (including phenoxy) is 1. The van der Waals surface area contributed by atoms with Crippen LogP contribution in [0.2, 0.25) is 5.02 Å². The summed E-state index contributed by atoms with van der Waals surface area (Å²) < 4.78 is 5.44. The van der Waals surface area contributed by atoms with Crippen LogP contribution in [0.15, 0.2) is 47.6 Å². The van der Waals surface area contributed by atoms with Crippen LogP contribution in [-0.2, 0) is 4.79 Å². The van der Waals surface area contributed by atoms with E-state index in [-0.39, 0.29) is 12.5 Å². The van der Waals surface area contributed by atoms with Crippen molar-refractivity contribution in [2.24, 2.45) is 5.10 Å². The fraction of sp³-hybridized carbons (Fsp3) is 0.364. The van der Waals surface area contributed by atoms with Crippen molar-refractivity contribution in [1.82, 2.24) is 5.43 Å². The Morgan fingerprint density at radius 1 is 1.14 bits per heavy atom. The molecule has 0 spiro atoms. The van der Waals surface area contributed by atoms with E-state index < -0.39 is 0 Å². The minimum atomic E-state index is -0.322. The zero-order chi connectivity index (χ0) is 20.4. The maximum atomic E-state index is 11.9. The molecule has 5 nitrogen and oxygen atoms in total. The van der Waals surface area contributed by atoms with Gasteiger partial charge in [0.15, 0.2) is 6.61 Å². The van der Waals surface area contributed by atoms with Crippen LogP contribution in [0.25, 0.3) is 0 Å². The predicted molar refractivity (Wildman–Crippen MR) is 117 cm³/mol. The Balaban J connectivity index is 1.82. The van der Waals surface area contributed by atoms with Crippen LogP contribution in [0.1, 0.15) is 37.8 Å². The molecule has 0 saturated carbocycles. The van der Waals surface area contributed by atoms with Gasteiger partial charge in [0.1, 0.15) is 5.75 Å². The minimum Gasteiger partial charge on any atom is -0.484 e. The first-order valence-corrected chi connectivity index (χ1v) is 9.97. The van der Waals surface area contributed by atoms with E-state index in [0.29, 0.717) is 10.8 Å². The third-order valence-electron chi connectivity index (χ3n) is 4.15. The molecule has 0 saturated heterocycles. The van der Waals surface area contributed by atoms with Crippen molar-refractivity contribution >= 4 is 29.4 Å². The van der Waals surface area contributed by atoms with Crippen molar-refractivity contribution in [3.63, 3.8) is 0 Å². The van der Waals surface area contributed by atoms with Crippen molar-refractivity contribution in [3.05, 3.63) is 58.6 Å². The number of carbonyl (C=O) groups excluding carboxylic acids is 1. The average molecular weight is 402 g/mol. The molecule has 2 rings (SSSR count). The van der Waals surface area contributed by atoms with Gasteiger partial charge < -0.3 is 9.64 Å². The molecule has 0 radical (unpaired) electrons. The molecule has 0 aliphatic carbocycles. The molecular weight excluding hydrogens is 374 g/mol. The topological polar surface area (TPSA) is 53.9 Å². The number of rotatable bonds is 10. The Labute approximate surface area is 172 Å². The van der Waals surface area contributed by atoms with Crippen LogP contribution in [0.3, 0.4) is 0 Å². The van der Waals surface area contributed by atoms with Crippen molar-refractivity contribution in [1.29, 1.82) is 0 Å². The highest BCUT2D eigenvalue weighted by Gasteiger charge is 2.05. The van der Waals surface area contributed by atoms with Gasteiger partial charge in [-0.25, -0.2) is 5.43 Å². The summed E-state index contributed by atoms with van der Waals surface area (Å²) in [6.07, 6.45) is 3.86. The lowest BCUT2D eigenvalue weighted by Crippen LogP contribution is -2.25. The number of anilines is 1. The van der Waals surface area contributed by atoms with Gasteiger partial charge in [-0.1, -0.05) is 37.6 Å². The molecule has 2 aromatic rings. The van der Waals surface area contributed by atoms with Crippen molar-refractivity contribution in [3.8, 4) is 5.75 Å². The first-order chi connectivity index (χ1) is 13.5. The molecule has 0 aliphatic rings. The highest BCUT2D eigenvalue weighted by Crippen LogP contribution is 2.21. The van der Waals surface area contributed by atoms with E-state index in [0.717, 1.165) is 37.1 Å². The van der Waals surface area contributed by atoms with E-state index >= 15 is 0 Å². The molecular formula is C22H28ClN3O2. The van der Waals surface area contributed by atoms with E-state index in [4.69, 9.17) is 16.3 Å². The molecule has 0 aliphatic heterocycles. The van der Waals surface area contributed by atoms with Gasteiger partial charge in [-0.3, -0.25) is 4.79 Å². The Morgan fingerprint density at radius 2 is 1.82 bits per heavy atom. The zero-order valence-electron chi connectivity index (χ0n) is 16.7. The van der Waals surface area contributed by atoms with E-state index in [9.17, 15) is 4.79 Å². The third kappa shape index (κ3) is 6.89. The molecule has 150 valence electrons.